The molecular weight excluding hydrogens is 400 g/mol. The van der Waals surface area contributed by atoms with E-state index in [0.29, 0.717) is 6.54 Å². The summed E-state index contributed by atoms with van der Waals surface area (Å²) in [6, 6.07) is 10.4. The van der Waals surface area contributed by atoms with E-state index in [4.69, 9.17) is 4.98 Å². The van der Waals surface area contributed by atoms with E-state index in [2.05, 4.69) is 38.6 Å². The Kier molecular flexibility index (Phi) is 4.94. The molecule has 7 nitrogen and oxygen atoms in total. The van der Waals surface area contributed by atoms with Crippen molar-refractivity contribution in [1.82, 2.24) is 23.8 Å². The summed E-state index contributed by atoms with van der Waals surface area (Å²) in [4.78, 5) is 25.4. The van der Waals surface area contributed by atoms with Crippen LogP contribution in [0.3, 0.4) is 0 Å². The summed E-state index contributed by atoms with van der Waals surface area (Å²) in [5, 5.41) is 0. The van der Waals surface area contributed by atoms with Gasteiger partial charge in [-0.3, -0.25) is 14.1 Å². The van der Waals surface area contributed by atoms with E-state index < -0.39 is 0 Å². The number of piperazine rings is 1. The van der Waals surface area contributed by atoms with Gasteiger partial charge in [0.1, 0.15) is 17.2 Å². The highest BCUT2D eigenvalue weighted by molar-refractivity contribution is 5.92. The Labute approximate surface area is 189 Å². The largest absolute Gasteiger partial charge is 0.358 e. The number of nitrogens with zero attached hydrogens (tertiary/aromatic N) is 6. The summed E-state index contributed by atoms with van der Waals surface area (Å²) in [6.07, 6.45) is 9.34. The van der Waals surface area contributed by atoms with Crippen LogP contribution in [0.4, 0.5) is 5.82 Å². The molecule has 1 atom stereocenters. The lowest BCUT2D eigenvalue weighted by atomic mass is 10.1. The van der Waals surface area contributed by atoms with Gasteiger partial charge in [0.2, 0.25) is 0 Å². The second kappa shape index (κ2) is 7.96. The Bertz CT molecular complexity index is 1120. The Morgan fingerprint density at radius 2 is 1.91 bits per heavy atom. The third-order valence-corrected chi connectivity index (χ3v) is 7.39. The van der Waals surface area contributed by atoms with Gasteiger partial charge < -0.3 is 14.4 Å². The number of hydrogen-bond donors (Lipinski definition) is 0. The molecule has 2 saturated heterocycles. The predicted octanol–water partition coefficient (Wildman–Crippen LogP) is 3.18. The van der Waals surface area contributed by atoms with Gasteiger partial charge in [0.15, 0.2) is 0 Å². The van der Waals surface area contributed by atoms with Gasteiger partial charge in [-0.15, -0.1) is 0 Å². The topological polar surface area (TPSA) is 49.0 Å². The van der Waals surface area contributed by atoms with Gasteiger partial charge >= 0.3 is 0 Å². The number of aryl methyl sites for hydroxylation is 1. The van der Waals surface area contributed by atoms with Crippen LogP contribution < -0.4 is 4.90 Å². The van der Waals surface area contributed by atoms with Crippen LogP contribution in [0, 0.1) is 5.92 Å². The maximum Gasteiger partial charge on any atom is 0.270 e. The van der Waals surface area contributed by atoms with Crippen LogP contribution in [-0.2, 0) is 7.05 Å². The van der Waals surface area contributed by atoms with Crippen LogP contribution >= 0.6 is 0 Å². The van der Waals surface area contributed by atoms with E-state index in [1.807, 2.05) is 34.8 Å². The molecule has 168 valence electrons. The quantitative estimate of drug-likeness (QED) is 0.621. The molecule has 5 heterocycles. The molecule has 0 aromatic carbocycles. The highest BCUT2D eigenvalue weighted by atomic mass is 16.2. The lowest BCUT2D eigenvalue weighted by Crippen LogP contribution is -2.51. The van der Waals surface area contributed by atoms with E-state index in [1.165, 1.54) is 31.5 Å². The SMILES string of the molecule is Cn1cccc1C(=O)N1CCN(CC2CC2)[C@@H](c2cn3c(N4CCCC4)cccc3n2)C1. The number of amides is 1. The van der Waals surface area contributed by atoms with Crippen molar-refractivity contribution in [3.05, 3.63) is 54.1 Å². The van der Waals surface area contributed by atoms with E-state index in [-0.39, 0.29) is 11.9 Å². The van der Waals surface area contributed by atoms with Crippen LogP contribution in [0.2, 0.25) is 0 Å². The van der Waals surface area contributed by atoms with Gasteiger partial charge in [0.25, 0.3) is 5.91 Å². The molecule has 6 rings (SSSR count). The highest BCUT2D eigenvalue weighted by Crippen LogP contribution is 2.35. The van der Waals surface area contributed by atoms with Crippen LogP contribution in [0.15, 0.2) is 42.7 Å². The van der Waals surface area contributed by atoms with Crippen molar-refractivity contribution in [2.24, 2.45) is 13.0 Å². The zero-order valence-corrected chi connectivity index (χ0v) is 18.9. The molecular formula is C25H32N6O. The van der Waals surface area contributed by atoms with Crippen molar-refractivity contribution in [2.45, 2.75) is 31.7 Å². The average molecular weight is 433 g/mol. The van der Waals surface area contributed by atoms with Crippen molar-refractivity contribution >= 4 is 17.4 Å². The van der Waals surface area contributed by atoms with Crippen molar-refractivity contribution in [3.63, 3.8) is 0 Å². The van der Waals surface area contributed by atoms with Gasteiger partial charge in [0, 0.05) is 58.7 Å². The number of hydrogen-bond acceptors (Lipinski definition) is 4. The van der Waals surface area contributed by atoms with Crippen molar-refractivity contribution in [3.8, 4) is 0 Å². The summed E-state index contributed by atoms with van der Waals surface area (Å²) < 4.78 is 4.18. The second-order valence-electron chi connectivity index (χ2n) is 9.68. The molecule has 0 radical (unpaired) electrons. The van der Waals surface area contributed by atoms with Gasteiger partial charge in [-0.2, -0.15) is 0 Å². The monoisotopic (exact) mass is 432 g/mol. The molecule has 3 aromatic rings. The molecule has 3 fully saturated rings. The Morgan fingerprint density at radius 3 is 2.66 bits per heavy atom. The summed E-state index contributed by atoms with van der Waals surface area (Å²) in [6.45, 7) is 5.72. The molecule has 1 saturated carbocycles. The van der Waals surface area contributed by atoms with Crippen molar-refractivity contribution in [2.75, 3.05) is 44.2 Å². The van der Waals surface area contributed by atoms with E-state index in [0.717, 1.165) is 55.7 Å². The fourth-order valence-electron chi connectivity index (χ4n) is 5.36. The minimum atomic E-state index is 0.120. The molecule has 0 bridgehead atoms. The van der Waals surface area contributed by atoms with Crippen molar-refractivity contribution in [1.29, 1.82) is 0 Å². The maximum atomic E-state index is 13.3. The predicted molar refractivity (Wildman–Crippen MR) is 125 cm³/mol. The first kappa shape index (κ1) is 19.9. The van der Waals surface area contributed by atoms with Crippen LogP contribution in [0.1, 0.15) is 47.9 Å². The third-order valence-electron chi connectivity index (χ3n) is 7.39. The number of imidazole rings is 1. The Balaban J connectivity index is 1.32. The Hall–Kier alpha value is -2.80. The average Bonchev–Trinajstić information content (AvgIpc) is 3.21. The van der Waals surface area contributed by atoms with Crippen LogP contribution in [-0.4, -0.2) is 68.9 Å². The third kappa shape index (κ3) is 3.58. The molecule has 0 unspecified atom stereocenters. The minimum Gasteiger partial charge on any atom is -0.358 e. The molecule has 1 amide bonds. The van der Waals surface area contributed by atoms with Gasteiger partial charge in [-0.1, -0.05) is 6.07 Å². The summed E-state index contributed by atoms with van der Waals surface area (Å²) in [5.41, 5.74) is 2.84. The van der Waals surface area contributed by atoms with E-state index in [1.54, 1.807) is 0 Å². The second-order valence-corrected chi connectivity index (χ2v) is 9.68. The van der Waals surface area contributed by atoms with E-state index in [9.17, 15) is 4.79 Å². The normalized spacial score (nSPS) is 22.2. The van der Waals surface area contributed by atoms with E-state index >= 15 is 0 Å². The lowest BCUT2D eigenvalue weighted by molar-refractivity contribution is 0.0451. The molecule has 0 N–H and O–H groups in total. The number of rotatable bonds is 5. The number of fused-ring (bicyclic) bond motifs is 1. The van der Waals surface area contributed by atoms with Crippen LogP contribution in [0.5, 0.6) is 0 Å². The molecule has 0 spiro atoms. The highest BCUT2D eigenvalue weighted by Gasteiger charge is 2.36. The van der Waals surface area contributed by atoms with Gasteiger partial charge in [-0.25, -0.2) is 4.98 Å². The number of carbonyl (C=O) groups is 1. The van der Waals surface area contributed by atoms with Gasteiger partial charge in [0.05, 0.1) is 11.7 Å². The summed E-state index contributed by atoms with van der Waals surface area (Å²) in [5.74, 6) is 2.17. The molecule has 1 aliphatic carbocycles. The first-order valence-corrected chi connectivity index (χ1v) is 12.0. The fourth-order valence-corrected chi connectivity index (χ4v) is 5.36. The number of pyridine rings is 1. The molecule has 32 heavy (non-hydrogen) atoms. The standard InChI is InChI=1S/C25H32N6O/c1-27-11-5-6-21(27)25(32)30-15-14-29(16-19-9-10-19)22(18-30)20-17-31-23(26-20)7-4-8-24(31)28-12-2-3-13-28/h4-8,11,17,19,22H,2-3,9-10,12-16,18H2,1H3/t22-/m1/s1. The lowest BCUT2D eigenvalue weighted by Gasteiger charge is -2.41. The smallest absolute Gasteiger partial charge is 0.270 e. The fraction of sp³-hybridized carbons (Fsp3) is 0.520. The summed E-state index contributed by atoms with van der Waals surface area (Å²) >= 11 is 0. The zero-order valence-electron chi connectivity index (χ0n) is 18.9. The summed E-state index contributed by atoms with van der Waals surface area (Å²) in [7, 11) is 1.94. The van der Waals surface area contributed by atoms with Crippen molar-refractivity contribution < 1.29 is 4.79 Å². The van der Waals surface area contributed by atoms with Crippen LogP contribution in [0.25, 0.3) is 5.65 Å². The molecule has 3 aliphatic rings. The number of aromatic nitrogens is 3. The maximum absolute atomic E-state index is 13.3. The Morgan fingerprint density at radius 1 is 1.06 bits per heavy atom. The first-order valence-electron chi connectivity index (χ1n) is 12.0. The number of anilines is 1. The molecule has 2 aliphatic heterocycles. The van der Waals surface area contributed by atoms with Gasteiger partial charge in [-0.05, 0) is 55.9 Å². The molecule has 7 heteroatoms. The first-order chi connectivity index (χ1) is 15.7. The molecule has 3 aromatic heterocycles. The number of carbonyl (C=O) groups excluding carboxylic acids is 1. The minimum absolute atomic E-state index is 0.120. The zero-order chi connectivity index (χ0) is 21.7.